The highest BCUT2D eigenvalue weighted by Gasteiger charge is 2.29. The fraction of sp³-hybridized carbons (Fsp3) is 0.350. The molecule has 1 N–H and O–H groups in total. The molecule has 2 aliphatic rings. The Balaban J connectivity index is 1.44. The van der Waals surface area contributed by atoms with Crippen LogP contribution in [0.1, 0.15) is 46.1 Å². The molecule has 1 saturated carbocycles. The van der Waals surface area contributed by atoms with Gasteiger partial charge in [0.2, 0.25) is 0 Å². The van der Waals surface area contributed by atoms with Crippen LogP contribution in [0.2, 0.25) is 0 Å². The number of benzene rings is 1. The second kappa shape index (κ2) is 5.83. The lowest BCUT2D eigenvalue weighted by atomic mass is 10.0. The van der Waals surface area contributed by atoms with Crippen molar-refractivity contribution in [2.24, 2.45) is 0 Å². The molecular weight excluding hydrogens is 330 g/mol. The third kappa shape index (κ3) is 2.62. The molecule has 5 rings (SSSR count). The zero-order chi connectivity index (χ0) is 17.7. The molecule has 0 radical (unpaired) electrons. The van der Waals surface area contributed by atoms with Gasteiger partial charge in [0.05, 0.1) is 22.7 Å². The Morgan fingerprint density at radius 1 is 1.27 bits per heavy atom. The lowest BCUT2D eigenvalue weighted by Crippen LogP contribution is -2.42. The van der Waals surface area contributed by atoms with Crippen molar-refractivity contribution in [2.45, 2.75) is 38.1 Å². The molecule has 1 atom stereocenters. The maximum absolute atomic E-state index is 13.0. The van der Waals surface area contributed by atoms with Gasteiger partial charge in [-0.1, -0.05) is 23.4 Å². The maximum atomic E-state index is 13.0. The van der Waals surface area contributed by atoms with Crippen molar-refractivity contribution < 1.29 is 14.1 Å². The van der Waals surface area contributed by atoms with Gasteiger partial charge >= 0.3 is 0 Å². The van der Waals surface area contributed by atoms with Crippen molar-refractivity contribution in [3.8, 4) is 5.75 Å². The first-order valence-corrected chi connectivity index (χ1v) is 8.97. The predicted molar refractivity (Wildman–Crippen MR) is 95.4 cm³/mol. The summed E-state index contributed by atoms with van der Waals surface area (Å²) in [7, 11) is 0. The third-order valence-corrected chi connectivity index (χ3v) is 5.09. The van der Waals surface area contributed by atoms with Gasteiger partial charge in [0.15, 0.2) is 0 Å². The van der Waals surface area contributed by atoms with Crippen LogP contribution in [-0.2, 0) is 6.42 Å². The number of hydrogen-bond acceptors (Lipinski definition) is 5. The van der Waals surface area contributed by atoms with Gasteiger partial charge in [0, 0.05) is 11.6 Å². The van der Waals surface area contributed by atoms with Gasteiger partial charge in [0.1, 0.15) is 12.4 Å². The highest BCUT2D eigenvalue weighted by Crippen LogP contribution is 2.40. The summed E-state index contributed by atoms with van der Waals surface area (Å²) in [5.74, 6) is 1.20. The summed E-state index contributed by atoms with van der Waals surface area (Å²) in [6.45, 7) is 2.30. The van der Waals surface area contributed by atoms with Gasteiger partial charge in [-0.05, 0) is 43.9 Å². The van der Waals surface area contributed by atoms with Crippen molar-refractivity contribution in [3.05, 3.63) is 52.8 Å². The Kier molecular flexibility index (Phi) is 3.45. The Morgan fingerprint density at radius 2 is 2.12 bits per heavy atom. The molecule has 26 heavy (non-hydrogen) atoms. The molecular formula is C20H19N3O3. The molecule has 1 fully saturated rings. The van der Waals surface area contributed by atoms with E-state index in [2.05, 4.69) is 15.5 Å². The van der Waals surface area contributed by atoms with Gasteiger partial charge in [-0.2, -0.15) is 0 Å². The second-order valence-corrected chi connectivity index (χ2v) is 7.11. The summed E-state index contributed by atoms with van der Waals surface area (Å²) >= 11 is 0. The summed E-state index contributed by atoms with van der Waals surface area (Å²) in [4.78, 5) is 17.6. The summed E-state index contributed by atoms with van der Waals surface area (Å²) in [5.41, 5.74) is 3.76. The molecule has 0 bridgehead atoms. The van der Waals surface area contributed by atoms with Crippen LogP contribution in [0.25, 0.3) is 11.1 Å². The summed E-state index contributed by atoms with van der Waals surface area (Å²) in [5, 5.41) is 7.80. The van der Waals surface area contributed by atoms with Gasteiger partial charge in [0.25, 0.3) is 11.6 Å². The molecule has 1 aliphatic carbocycles. The van der Waals surface area contributed by atoms with Crippen LogP contribution in [0.5, 0.6) is 5.75 Å². The first-order valence-electron chi connectivity index (χ1n) is 8.97. The highest BCUT2D eigenvalue weighted by atomic mass is 16.5. The molecule has 0 saturated heterocycles. The molecule has 6 nitrogen and oxygen atoms in total. The Labute approximate surface area is 150 Å². The van der Waals surface area contributed by atoms with Gasteiger partial charge < -0.3 is 14.6 Å². The van der Waals surface area contributed by atoms with E-state index in [0.717, 1.165) is 36.3 Å². The topological polar surface area (TPSA) is 77.2 Å². The molecule has 3 aromatic rings. The van der Waals surface area contributed by atoms with Crippen LogP contribution >= 0.6 is 0 Å². The zero-order valence-electron chi connectivity index (χ0n) is 14.5. The average molecular weight is 349 g/mol. The first kappa shape index (κ1) is 15.4. The van der Waals surface area contributed by atoms with E-state index in [1.54, 1.807) is 0 Å². The van der Waals surface area contributed by atoms with E-state index in [0.29, 0.717) is 34.9 Å². The SMILES string of the molecule is Cc1noc2nc(C3CC3)cc(C(=O)NC3COc4ccccc4C3)c12. The molecule has 0 spiro atoms. The Bertz CT molecular complexity index is 1010. The number of nitrogens with one attached hydrogen (secondary N) is 1. The number of rotatable bonds is 3. The molecule has 1 unspecified atom stereocenters. The van der Waals surface area contributed by atoms with Gasteiger partial charge in [-0.15, -0.1) is 0 Å². The molecule has 132 valence electrons. The fourth-order valence-corrected chi connectivity index (χ4v) is 3.56. The van der Waals surface area contributed by atoms with Crippen LogP contribution in [0.3, 0.4) is 0 Å². The smallest absolute Gasteiger partial charge is 0.259 e. The second-order valence-electron chi connectivity index (χ2n) is 7.11. The lowest BCUT2D eigenvalue weighted by Gasteiger charge is -2.26. The molecule has 1 aromatic carbocycles. The van der Waals surface area contributed by atoms with Crippen LogP contribution < -0.4 is 10.1 Å². The number of carbonyl (C=O) groups excluding carboxylic acids is 1. The number of aromatic nitrogens is 2. The number of hydrogen-bond donors (Lipinski definition) is 1. The monoisotopic (exact) mass is 349 g/mol. The van der Waals surface area contributed by atoms with Crippen molar-refractivity contribution >= 4 is 17.0 Å². The normalized spacial score (nSPS) is 19.0. The van der Waals surface area contributed by atoms with Gasteiger partial charge in [-0.3, -0.25) is 4.79 Å². The standard InChI is InChI=1S/C20H19N3O3/c1-11-18-15(9-16(12-6-7-12)22-20(18)26-23-11)19(24)21-14-8-13-4-2-3-5-17(13)25-10-14/h2-5,9,12,14H,6-8,10H2,1H3,(H,21,24). The quantitative estimate of drug-likeness (QED) is 0.786. The number of para-hydroxylation sites is 1. The average Bonchev–Trinajstić information content (AvgIpc) is 3.45. The van der Waals surface area contributed by atoms with E-state index in [4.69, 9.17) is 9.26 Å². The largest absolute Gasteiger partial charge is 0.491 e. The number of pyridine rings is 1. The van der Waals surface area contributed by atoms with Crippen LogP contribution in [0, 0.1) is 6.92 Å². The lowest BCUT2D eigenvalue weighted by molar-refractivity contribution is 0.0917. The minimum absolute atomic E-state index is 0.0647. The van der Waals surface area contributed by atoms with Crippen molar-refractivity contribution in [1.82, 2.24) is 15.5 Å². The van der Waals surface area contributed by atoms with E-state index < -0.39 is 0 Å². The summed E-state index contributed by atoms with van der Waals surface area (Å²) < 4.78 is 11.1. The number of nitrogens with zero attached hydrogens (tertiary/aromatic N) is 2. The molecule has 1 amide bonds. The molecule has 3 heterocycles. The van der Waals surface area contributed by atoms with E-state index in [9.17, 15) is 4.79 Å². The van der Waals surface area contributed by atoms with Crippen molar-refractivity contribution in [1.29, 1.82) is 0 Å². The van der Waals surface area contributed by atoms with Crippen molar-refractivity contribution in [3.63, 3.8) is 0 Å². The van der Waals surface area contributed by atoms with E-state index in [-0.39, 0.29) is 11.9 Å². The number of fused-ring (bicyclic) bond motifs is 2. The summed E-state index contributed by atoms with van der Waals surface area (Å²) in [6, 6.07) is 9.78. The number of carbonyl (C=O) groups is 1. The Morgan fingerprint density at radius 3 is 2.96 bits per heavy atom. The summed E-state index contributed by atoms with van der Waals surface area (Å²) in [6.07, 6.45) is 2.98. The fourth-order valence-electron chi connectivity index (χ4n) is 3.56. The van der Waals surface area contributed by atoms with E-state index >= 15 is 0 Å². The predicted octanol–water partition coefficient (Wildman–Crippen LogP) is 3.14. The molecule has 6 heteroatoms. The molecule has 1 aliphatic heterocycles. The minimum Gasteiger partial charge on any atom is -0.491 e. The first-order chi connectivity index (χ1) is 12.7. The number of amides is 1. The minimum atomic E-state index is -0.126. The van der Waals surface area contributed by atoms with E-state index in [1.165, 1.54) is 0 Å². The highest BCUT2D eigenvalue weighted by molar-refractivity contribution is 6.06. The van der Waals surface area contributed by atoms with Crippen LogP contribution in [-0.4, -0.2) is 28.7 Å². The van der Waals surface area contributed by atoms with E-state index in [1.807, 2.05) is 37.3 Å². The number of aryl methyl sites for hydroxylation is 1. The third-order valence-electron chi connectivity index (χ3n) is 5.09. The Hall–Kier alpha value is -2.89. The maximum Gasteiger partial charge on any atom is 0.259 e. The number of ether oxygens (including phenoxy) is 1. The van der Waals surface area contributed by atoms with Crippen LogP contribution in [0.4, 0.5) is 0 Å². The van der Waals surface area contributed by atoms with Crippen molar-refractivity contribution in [2.75, 3.05) is 6.61 Å². The zero-order valence-corrected chi connectivity index (χ0v) is 14.5. The van der Waals surface area contributed by atoms with Crippen LogP contribution in [0.15, 0.2) is 34.9 Å². The molecule has 2 aromatic heterocycles. The van der Waals surface area contributed by atoms with Gasteiger partial charge in [-0.25, -0.2) is 4.98 Å².